The van der Waals surface area contributed by atoms with Gasteiger partial charge >= 0.3 is 0 Å². The molecule has 0 amide bonds. The number of hydrogen-bond donors (Lipinski definition) is 2. The first kappa shape index (κ1) is 7.38. The number of benzene rings is 1. The standard InChI is InChI=1S/C11H9N3/c1-2-8-4-5-12-10(8)9(3-1)11-13-6-7-14-11/h1-7,12H,(H,13,14). The average Bonchev–Trinajstić information content (AvgIpc) is 2.88. The van der Waals surface area contributed by atoms with E-state index in [1.54, 1.807) is 6.20 Å². The maximum absolute atomic E-state index is 4.24. The summed E-state index contributed by atoms with van der Waals surface area (Å²) in [5.41, 5.74) is 2.24. The number of nitrogens with zero attached hydrogens (tertiary/aromatic N) is 1. The molecule has 0 radical (unpaired) electrons. The van der Waals surface area contributed by atoms with Crippen LogP contribution in [0.1, 0.15) is 0 Å². The van der Waals surface area contributed by atoms with E-state index in [0.717, 1.165) is 16.9 Å². The summed E-state index contributed by atoms with van der Waals surface area (Å²) in [6.07, 6.45) is 5.53. The summed E-state index contributed by atoms with van der Waals surface area (Å²) < 4.78 is 0. The van der Waals surface area contributed by atoms with Crippen LogP contribution in [-0.2, 0) is 0 Å². The largest absolute Gasteiger partial charge is 0.361 e. The minimum Gasteiger partial charge on any atom is -0.361 e. The highest BCUT2D eigenvalue weighted by Gasteiger charge is 2.04. The van der Waals surface area contributed by atoms with Gasteiger partial charge in [0.2, 0.25) is 0 Å². The number of nitrogens with one attached hydrogen (secondary N) is 2. The topological polar surface area (TPSA) is 44.5 Å². The fraction of sp³-hybridized carbons (Fsp3) is 0. The molecule has 14 heavy (non-hydrogen) atoms. The molecule has 3 nitrogen and oxygen atoms in total. The maximum Gasteiger partial charge on any atom is 0.139 e. The predicted octanol–water partition coefficient (Wildman–Crippen LogP) is 2.56. The zero-order chi connectivity index (χ0) is 9.38. The van der Waals surface area contributed by atoms with Gasteiger partial charge in [-0.2, -0.15) is 0 Å². The summed E-state index contributed by atoms with van der Waals surface area (Å²) in [5, 5.41) is 1.21. The van der Waals surface area contributed by atoms with Gasteiger partial charge in [-0.25, -0.2) is 4.98 Å². The molecule has 0 spiro atoms. The van der Waals surface area contributed by atoms with Gasteiger partial charge in [0.05, 0.1) is 5.52 Å². The van der Waals surface area contributed by atoms with E-state index in [-0.39, 0.29) is 0 Å². The SMILES string of the molecule is c1cc(-c2ncc[nH]2)c2[nH]ccc2c1. The Kier molecular flexibility index (Phi) is 1.44. The van der Waals surface area contributed by atoms with Crippen LogP contribution in [0.5, 0.6) is 0 Å². The Balaban J connectivity index is 2.36. The summed E-state index contributed by atoms with van der Waals surface area (Å²) in [7, 11) is 0. The number of hydrogen-bond acceptors (Lipinski definition) is 1. The number of aromatic nitrogens is 3. The average molecular weight is 183 g/mol. The van der Waals surface area contributed by atoms with Crippen LogP contribution in [0.3, 0.4) is 0 Å². The molecule has 1 aromatic carbocycles. The molecule has 3 aromatic rings. The Morgan fingerprint density at radius 1 is 1.00 bits per heavy atom. The van der Waals surface area contributed by atoms with Crippen LogP contribution in [-0.4, -0.2) is 15.0 Å². The van der Waals surface area contributed by atoms with Gasteiger partial charge in [-0.15, -0.1) is 0 Å². The Morgan fingerprint density at radius 2 is 2.00 bits per heavy atom. The van der Waals surface area contributed by atoms with Gasteiger partial charge in [0.1, 0.15) is 5.82 Å². The van der Waals surface area contributed by atoms with Crippen molar-refractivity contribution < 1.29 is 0 Å². The Hall–Kier alpha value is -2.03. The lowest BCUT2D eigenvalue weighted by Crippen LogP contribution is -1.81. The van der Waals surface area contributed by atoms with Crippen LogP contribution >= 0.6 is 0 Å². The predicted molar refractivity (Wildman–Crippen MR) is 55.9 cm³/mol. The van der Waals surface area contributed by atoms with Crippen molar-refractivity contribution in [2.75, 3.05) is 0 Å². The number of imidazole rings is 1. The van der Waals surface area contributed by atoms with Gasteiger partial charge < -0.3 is 9.97 Å². The lowest BCUT2D eigenvalue weighted by molar-refractivity contribution is 1.31. The molecule has 0 aliphatic carbocycles. The molecule has 2 N–H and O–H groups in total. The van der Waals surface area contributed by atoms with E-state index in [1.807, 2.05) is 18.5 Å². The first-order valence-corrected chi connectivity index (χ1v) is 4.51. The van der Waals surface area contributed by atoms with E-state index in [9.17, 15) is 0 Å². The Bertz CT molecular complexity index is 549. The van der Waals surface area contributed by atoms with Gasteiger partial charge in [-0.05, 0) is 12.1 Å². The molecule has 0 atom stereocenters. The van der Waals surface area contributed by atoms with E-state index >= 15 is 0 Å². The fourth-order valence-electron chi connectivity index (χ4n) is 1.69. The van der Waals surface area contributed by atoms with Gasteiger partial charge in [-0.1, -0.05) is 12.1 Å². The summed E-state index contributed by atoms with van der Waals surface area (Å²) in [6.45, 7) is 0. The Morgan fingerprint density at radius 3 is 2.86 bits per heavy atom. The molecule has 0 saturated heterocycles. The number of H-pyrrole nitrogens is 2. The number of fused-ring (bicyclic) bond motifs is 1. The highest BCUT2D eigenvalue weighted by molar-refractivity contribution is 5.92. The molecule has 3 heteroatoms. The smallest absolute Gasteiger partial charge is 0.139 e. The molecule has 2 aromatic heterocycles. The van der Waals surface area contributed by atoms with E-state index in [1.165, 1.54) is 5.39 Å². The van der Waals surface area contributed by atoms with Gasteiger partial charge in [0.15, 0.2) is 0 Å². The molecular weight excluding hydrogens is 174 g/mol. The third kappa shape index (κ3) is 0.956. The Labute approximate surface area is 80.8 Å². The normalized spacial score (nSPS) is 10.9. The van der Waals surface area contributed by atoms with E-state index in [0.29, 0.717) is 0 Å². The third-order valence-corrected chi connectivity index (χ3v) is 2.34. The van der Waals surface area contributed by atoms with Crippen LogP contribution in [0.25, 0.3) is 22.3 Å². The number of para-hydroxylation sites is 1. The first-order valence-electron chi connectivity index (χ1n) is 4.51. The quantitative estimate of drug-likeness (QED) is 0.598. The van der Waals surface area contributed by atoms with Crippen molar-refractivity contribution in [3.05, 3.63) is 42.9 Å². The third-order valence-electron chi connectivity index (χ3n) is 2.34. The minimum atomic E-state index is 0.901. The van der Waals surface area contributed by atoms with Crippen molar-refractivity contribution in [3.8, 4) is 11.4 Å². The highest BCUT2D eigenvalue weighted by atomic mass is 14.9. The zero-order valence-corrected chi connectivity index (χ0v) is 7.49. The van der Waals surface area contributed by atoms with Gasteiger partial charge in [0, 0.05) is 29.5 Å². The number of rotatable bonds is 1. The van der Waals surface area contributed by atoms with Crippen molar-refractivity contribution in [3.63, 3.8) is 0 Å². The first-order chi connectivity index (χ1) is 6.95. The molecule has 0 unspecified atom stereocenters. The zero-order valence-electron chi connectivity index (χ0n) is 7.49. The molecule has 0 fully saturated rings. The highest BCUT2D eigenvalue weighted by Crippen LogP contribution is 2.24. The maximum atomic E-state index is 4.24. The van der Waals surface area contributed by atoms with Gasteiger partial charge in [-0.3, -0.25) is 0 Å². The van der Waals surface area contributed by atoms with Crippen molar-refractivity contribution in [1.82, 2.24) is 15.0 Å². The van der Waals surface area contributed by atoms with Crippen molar-refractivity contribution in [2.24, 2.45) is 0 Å². The fourth-order valence-corrected chi connectivity index (χ4v) is 1.69. The lowest BCUT2D eigenvalue weighted by atomic mass is 10.1. The monoisotopic (exact) mass is 183 g/mol. The van der Waals surface area contributed by atoms with Crippen LogP contribution in [0, 0.1) is 0 Å². The number of aromatic amines is 2. The van der Waals surface area contributed by atoms with Crippen LogP contribution < -0.4 is 0 Å². The summed E-state index contributed by atoms with van der Waals surface area (Å²) in [6, 6.07) is 8.23. The molecule has 0 saturated carbocycles. The second kappa shape index (κ2) is 2.73. The lowest BCUT2D eigenvalue weighted by Gasteiger charge is -1.98. The van der Waals surface area contributed by atoms with Crippen molar-refractivity contribution in [1.29, 1.82) is 0 Å². The van der Waals surface area contributed by atoms with Crippen LogP contribution in [0.15, 0.2) is 42.9 Å². The second-order valence-corrected chi connectivity index (χ2v) is 3.19. The van der Waals surface area contributed by atoms with Crippen LogP contribution in [0.2, 0.25) is 0 Å². The minimum absolute atomic E-state index is 0.901. The van der Waals surface area contributed by atoms with Gasteiger partial charge in [0.25, 0.3) is 0 Å². The summed E-state index contributed by atoms with van der Waals surface area (Å²) in [4.78, 5) is 10.6. The summed E-state index contributed by atoms with van der Waals surface area (Å²) >= 11 is 0. The summed E-state index contributed by atoms with van der Waals surface area (Å²) in [5.74, 6) is 0.901. The molecule has 68 valence electrons. The van der Waals surface area contributed by atoms with Crippen LogP contribution in [0.4, 0.5) is 0 Å². The van der Waals surface area contributed by atoms with E-state index in [2.05, 4.69) is 33.2 Å². The van der Waals surface area contributed by atoms with E-state index in [4.69, 9.17) is 0 Å². The molecule has 2 heterocycles. The van der Waals surface area contributed by atoms with Crippen molar-refractivity contribution in [2.45, 2.75) is 0 Å². The molecule has 0 aliphatic heterocycles. The molecule has 0 aliphatic rings. The molecule has 3 rings (SSSR count). The van der Waals surface area contributed by atoms with E-state index < -0.39 is 0 Å². The van der Waals surface area contributed by atoms with Crippen molar-refractivity contribution >= 4 is 10.9 Å². The molecular formula is C11H9N3. The molecule has 0 bridgehead atoms. The second-order valence-electron chi connectivity index (χ2n) is 3.19.